The summed E-state index contributed by atoms with van der Waals surface area (Å²) in [7, 11) is 0. The SMILES string of the molecule is CCC1(CC)CC(Nc2ccc3scnc3c2N)CCO1. The maximum Gasteiger partial charge on any atom is 0.106 e. The van der Waals surface area contributed by atoms with Crippen molar-refractivity contribution in [3.05, 3.63) is 17.6 Å². The fourth-order valence-corrected chi connectivity index (χ4v) is 3.88. The first-order valence-corrected chi connectivity index (χ1v) is 8.57. The van der Waals surface area contributed by atoms with E-state index in [0.717, 1.165) is 53.9 Å². The van der Waals surface area contributed by atoms with Gasteiger partial charge in [-0.15, -0.1) is 11.3 Å². The van der Waals surface area contributed by atoms with Crippen molar-refractivity contribution in [2.24, 2.45) is 0 Å². The molecule has 0 bridgehead atoms. The van der Waals surface area contributed by atoms with E-state index in [1.54, 1.807) is 11.3 Å². The van der Waals surface area contributed by atoms with Gasteiger partial charge in [0.05, 0.1) is 27.2 Å². The van der Waals surface area contributed by atoms with Crippen molar-refractivity contribution in [2.45, 2.75) is 51.2 Å². The molecule has 0 saturated carbocycles. The van der Waals surface area contributed by atoms with Gasteiger partial charge in [0.1, 0.15) is 5.52 Å². The Morgan fingerprint density at radius 2 is 2.24 bits per heavy atom. The number of anilines is 2. The number of hydrogen-bond acceptors (Lipinski definition) is 5. The van der Waals surface area contributed by atoms with Crippen LogP contribution >= 0.6 is 11.3 Å². The normalized spacial score (nSPS) is 21.5. The zero-order valence-corrected chi connectivity index (χ0v) is 13.5. The Balaban J connectivity index is 1.80. The second kappa shape index (κ2) is 5.81. The minimum Gasteiger partial charge on any atom is -0.395 e. The Morgan fingerprint density at radius 1 is 1.43 bits per heavy atom. The molecular formula is C16H23N3OS. The fraction of sp³-hybridized carbons (Fsp3) is 0.562. The van der Waals surface area contributed by atoms with Gasteiger partial charge in [-0.25, -0.2) is 4.98 Å². The average molecular weight is 305 g/mol. The summed E-state index contributed by atoms with van der Waals surface area (Å²) in [6, 6.07) is 4.58. The molecule has 1 aromatic heterocycles. The third-order valence-electron chi connectivity index (χ3n) is 4.68. The van der Waals surface area contributed by atoms with E-state index in [0.29, 0.717) is 6.04 Å². The van der Waals surface area contributed by atoms with Crippen molar-refractivity contribution in [3.8, 4) is 0 Å². The minimum absolute atomic E-state index is 0.0232. The molecule has 4 nitrogen and oxygen atoms in total. The second-order valence-electron chi connectivity index (χ2n) is 5.80. The molecule has 0 radical (unpaired) electrons. The molecule has 114 valence electrons. The van der Waals surface area contributed by atoms with Gasteiger partial charge in [0.15, 0.2) is 0 Å². The van der Waals surface area contributed by atoms with E-state index >= 15 is 0 Å². The van der Waals surface area contributed by atoms with Gasteiger partial charge in [0.2, 0.25) is 0 Å². The molecule has 1 atom stereocenters. The van der Waals surface area contributed by atoms with Crippen LogP contribution in [0, 0.1) is 0 Å². The summed E-state index contributed by atoms with van der Waals surface area (Å²) >= 11 is 1.62. The highest BCUT2D eigenvalue weighted by molar-refractivity contribution is 7.16. The molecule has 1 saturated heterocycles. The summed E-state index contributed by atoms with van der Waals surface area (Å²) in [6.45, 7) is 5.24. The van der Waals surface area contributed by atoms with E-state index in [9.17, 15) is 0 Å². The molecule has 3 N–H and O–H groups in total. The third-order valence-corrected chi connectivity index (χ3v) is 5.48. The first-order valence-electron chi connectivity index (χ1n) is 7.69. The van der Waals surface area contributed by atoms with Crippen LogP contribution in [-0.4, -0.2) is 23.2 Å². The van der Waals surface area contributed by atoms with Crippen LogP contribution in [0.3, 0.4) is 0 Å². The molecule has 5 heteroatoms. The number of benzene rings is 1. The van der Waals surface area contributed by atoms with Crippen LogP contribution < -0.4 is 11.1 Å². The molecule has 0 amide bonds. The molecule has 1 aliphatic heterocycles. The van der Waals surface area contributed by atoms with Crippen LogP contribution in [0.5, 0.6) is 0 Å². The van der Waals surface area contributed by atoms with Gasteiger partial charge >= 0.3 is 0 Å². The predicted octanol–water partition coefficient (Wildman–Crippen LogP) is 4.03. The van der Waals surface area contributed by atoms with E-state index in [1.165, 1.54) is 0 Å². The van der Waals surface area contributed by atoms with Gasteiger partial charge in [0.25, 0.3) is 0 Å². The van der Waals surface area contributed by atoms with Crippen LogP contribution in [0.15, 0.2) is 17.6 Å². The maximum atomic E-state index is 6.26. The summed E-state index contributed by atoms with van der Waals surface area (Å²) in [4.78, 5) is 4.36. The van der Waals surface area contributed by atoms with Gasteiger partial charge in [-0.1, -0.05) is 13.8 Å². The lowest BCUT2D eigenvalue weighted by Crippen LogP contribution is -2.43. The van der Waals surface area contributed by atoms with Crippen molar-refractivity contribution in [2.75, 3.05) is 17.7 Å². The van der Waals surface area contributed by atoms with E-state index < -0.39 is 0 Å². The quantitative estimate of drug-likeness (QED) is 0.837. The third kappa shape index (κ3) is 2.72. The van der Waals surface area contributed by atoms with Crippen LogP contribution in [0.1, 0.15) is 39.5 Å². The standard InChI is InChI=1S/C16H23N3OS/c1-3-16(4-2)9-11(7-8-20-16)19-12-5-6-13-15(14(12)17)18-10-21-13/h5-6,10-11,19H,3-4,7-9,17H2,1-2H3. The van der Waals surface area contributed by atoms with E-state index in [4.69, 9.17) is 10.5 Å². The summed E-state index contributed by atoms with van der Waals surface area (Å²) in [5, 5.41) is 3.61. The molecule has 2 aromatic rings. The number of nitrogen functional groups attached to an aromatic ring is 1. The lowest BCUT2D eigenvalue weighted by molar-refractivity contribution is -0.0864. The molecule has 2 heterocycles. The lowest BCUT2D eigenvalue weighted by atomic mass is 9.86. The molecule has 0 aliphatic carbocycles. The van der Waals surface area contributed by atoms with Crippen molar-refractivity contribution in [1.82, 2.24) is 4.98 Å². The molecule has 3 rings (SSSR count). The summed E-state index contributed by atoms with van der Waals surface area (Å²) in [5.74, 6) is 0. The van der Waals surface area contributed by atoms with Crippen LogP contribution in [-0.2, 0) is 4.74 Å². The van der Waals surface area contributed by atoms with Gasteiger partial charge in [-0.3, -0.25) is 0 Å². The Kier molecular flexibility index (Phi) is 4.04. The van der Waals surface area contributed by atoms with Gasteiger partial charge in [-0.05, 0) is 37.8 Å². The highest BCUT2D eigenvalue weighted by Crippen LogP contribution is 2.35. The zero-order valence-electron chi connectivity index (χ0n) is 12.7. The number of fused-ring (bicyclic) bond motifs is 1. The van der Waals surface area contributed by atoms with Gasteiger partial charge in [0, 0.05) is 12.6 Å². The first-order chi connectivity index (χ1) is 10.2. The number of aromatic nitrogens is 1. The molecule has 1 aliphatic rings. The number of nitrogens with zero attached hydrogens (tertiary/aromatic N) is 1. The van der Waals surface area contributed by atoms with E-state index in [1.807, 2.05) is 5.51 Å². The van der Waals surface area contributed by atoms with Crippen molar-refractivity contribution in [3.63, 3.8) is 0 Å². The molecule has 1 unspecified atom stereocenters. The van der Waals surface area contributed by atoms with Gasteiger partial charge in [-0.2, -0.15) is 0 Å². The number of ether oxygens (including phenoxy) is 1. The number of rotatable bonds is 4. The molecule has 0 spiro atoms. The fourth-order valence-electron chi connectivity index (χ4n) is 3.19. The van der Waals surface area contributed by atoms with Gasteiger partial charge < -0.3 is 15.8 Å². The second-order valence-corrected chi connectivity index (χ2v) is 6.68. The van der Waals surface area contributed by atoms with Crippen LogP contribution in [0.25, 0.3) is 10.2 Å². The van der Waals surface area contributed by atoms with Crippen molar-refractivity contribution in [1.29, 1.82) is 0 Å². The predicted molar refractivity (Wildman–Crippen MR) is 89.9 cm³/mol. The Labute approximate surface area is 129 Å². The number of thiazole rings is 1. The Bertz CT molecular complexity index is 621. The average Bonchev–Trinajstić information content (AvgIpc) is 3.00. The highest BCUT2D eigenvalue weighted by Gasteiger charge is 2.34. The molecular weight excluding hydrogens is 282 g/mol. The molecule has 1 aromatic carbocycles. The van der Waals surface area contributed by atoms with Crippen LogP contribution in [0.4, 0.5) is 11.4 Å². The van der Waals surface area contributed by atoms with Crippen molar-refractivity contribution < 1.29 is 4.74 Å². The molecule has 1 fully saturated rings. The lowest BCUT2D eigenvalue weighted by Gasteiger charge is -2.40. The van der Waals surface area contributed by atoms with Crippen molar-refractivity contribution >= 4 is 32.9 Å². The monoisotopic (exact) mass is 305 g/mol. The number of nitrogens with two attached hydrogens (primary N) is 1. The van der Waals surface area contributed by atoms with E-state index in [-0.39, 0.29) is 5.60 Å². The topological polar surface area (TPSA) is 60.2 Å². The summed E-state index contributed by atoms with van der Waals surface area (Å²) < 4.78 is 7.18. The maximum absolute atomic E-state index is 6.26. The number of hydrogen-bond donors (Lipinski definition) is 2. The smallest absolute Gasteiger partial charge is 0.106 e. The Hall–Kier alpha value is -1.33. The highest BCUT2D eigenvalue weighted by atomic mass is 32.1. The number of nitrogens with one attached hydrogen (secondary N) is 1. The first kappa shape index (κ1) is 14.6. The molecule has 21 heavy (non-hydrogen) atoms. The summed E-state index contributed by atoms with van der Waals surface area (Å²) in [5.41, 5.74) is 10.8. The van der Waals surface area contributed by atoms with E-state index in [2.05, 4.69) is 36.3 Å². The Morgan fingerprint density at radius 3 is 3.00 bits per heavy atom. The minimum atomic E-state index is 0.0232. The zero-order chi connectivity index (χ0) is 14.9. The largest absolute Gasteiger partial charge is 0.395 e. The van der Waals surface area contributed by atoms with Crippen LogP contribution in [0.2, 0.25) is 0 Å². The summed E-state index contributed by atoms with van der Waals surface area (Å²) in [6.07, 6.45) is 4.18.